The maximum absolute atomic E-state index is 5.22. The Hall–Kier alpha value is -4.47. The summed E-state index contributed by atoms with van der Waals surface area (Å²) in [5.41, 5.74) is 7.05. The van der Waals surface area contributed by atoms with E-state index in [1.165, 1.54) is 69.3 Å². The van der Waals surface area contributed by atoms with Crippen LogP contribution in [0.1, 0.15) is 0 Å². The Morgan fingerprint density at radius 3 is 2.31 bits per heavy atom. The summed E-state index contributed by atoms with van der Waals surface area (Å²) < 4.78 is 5.08. The van der Waals surface area contributed by atoms with Gasteiger partial charge in [-0.1, -0.05) is 66.7 Å². The first kappa shape index (κ1) is 18.8. The molecule has 0 radical (unpaired) electrons. The highest BCUT2D eigenvalue weighted by atomic mass is 32.1. The van der Waals surface area contributed by atoms with Gasteiger partial charge < -0.3 is 0 Å². The molecule has 2 nitrogen and oxygen atoms in total. The Balaban J connectivity index is 1.60. The van der Waals surface area contributed by atoms with Gasteiger partial charge in [0.05, 0.1) is 16.6 Å². The van der Waals surface area contributed by atoms with Crippen LogP contribution in [0.5, 0.6) is 0 Å². The third-order valence-electron chi connectivity index (χ3n) is 7.68. The number of thiophene rings is 1. The Labute approximate surface area is 210 Å². The lowest BCUT2D eigenvalue weighted by atomic mass is 9.98. The predicted octanol–water partition coefficient (Wildman–Crippen LogP) is 9.42. The monoisotopic (exact) mass is 474 g/mol. The number of hydrogen-bond donors (Lipinski definition) is 0. The minimum atomic E-state index is 1.03. The molecule has 0 spiro atoms. The van der Waals surface area contributed by atoms with Crippen LogP contribution in [0.2, 0.25) is 0 Å². The van der Waals surface area contributed by atoms with Crippen molar-refractivity contribution in [3.8, 4) is 11.1 Å². The zero-order valence-electron chi connectivity index (χ0n) is 19.2. The Kier molecular flexibility index (Phi) is 3.45. The summed E-state index contributed by atoms with van der Waals surface area (Å²) in [6.07, 6.45) is 0. The maximum Gasteiger partial charge on any atom is 0.146 e. The normalized spacial score (nSPS) is 12.4. The summed E-state index contributed by atoms with van der Waals surface area (Å²) in [6, 6.07) is 39.6. The van der Waals surface area contributed by atoms with E-state index in [9.17, 15) is 0 Å². The molecule has 0 unspecified atom stereocenters. The summed E-state index contributed by atoms with van der Waals surface area (Å²) in [5.74, 6) is 0. The van der Waals surface area contributed by atoms with Crippen molar-refractivity contribution in [2.45, 2.75) is 0 Å². The molecule has 0 saturated heterocycles. The largest absolute Gasteiger partial charge is 0.293 e. The minimum Gasteiger partial charge on any atom is -0.293 e. The molecule has 9 rings (SSSR count). The molecule has 0 aliphatic heterocycles. The van der Waals surface area contributed by atoms with Crippen LogP contribution >= 0.6 is 11.3 Å². The van der Waals surface area contributed by atoms with Gasteiger partial charge in [0.25, 0.3) is 0 Å². The molecular formula is C33H18N2S. The lowest BCUT2D eigenvalue weighted by Gasteiger charge is -2.05. The van der Waals surface area contributed by atoms with E-state index in [1.54, 1.807) is 0 Å². The molecule has 0 fully saturated rings. The number of nitrogens with zero attached hydrogens (tertiary/aromatic N) is 2. The molecule has 4 heterocycles. The van der Waals surface area contributed by atoms with Crippen molar-refractivity contribution in [1.82, 2.24) is 9.38 Å². The van der Waals surface area contributed by atoms with E-state index in [2.05, 4.69) is 114 Å². The molecule has 166 valence electrons. The van der Waals surface area contributed by atoms with Crippen molar-refractivity contribution in [2.24, 2.45) is 0 Å². The van der Waals surface area contributed by atoms with Crippen LogP contribution in [0.3, 0.4) is 0 Å². The smallest absolute Gasteiger partial charge is 0.146 e. The molecule has 0 saturated carbocycles. The molecule has 9 aromatic rings. The van der Waals surface area contributed by atoms with Crippen molar-refractivity contribution in [1.29, 1.82) is 0 Å². The average Bonchev–Trinajstić information content (AvgIpc) is 3.58. The third-order valence-corrected chi connectivity index (χ3v) is 8.81. The highest BCUT2D eigenvalue weighted by Crippen LogP contribution is 2.47. The van der Waals surface area contributed by atoms with E-state index in [-0.39, 0.29) is 0 Å². The predicted molar refractivity (Wildman–Crippen MR) is 155 cm³/mol. The number of pyridine rings is 1. The summed E-state index contributed by atoms with van der Waals surface area (Å²) >= 11 is 1.88. The van der Waals surface area contributed by atoms with E-state index in [0.717, 1.165) is 11.2 Å². The summed E-state index contributed by atoms with van der Waals surface area (Å²) in [7, 11) is 0. The second-order valence-corrected chi connectivity index (χ2v) is 10.7. The molecular weight excluding hydrogens is 456 g/mol. The maximum atomic E-state index is 5.22. The lowest BCUT2D eigenvalue weighted by molar-refractivity contribution is 1.30. The number of para-hydroxylation sites is 1. The molecule has 5 aromatic carbocycles. The highest BCUT2D eigenvalue weighted by molar-refractivity contribution is 7.26. The lowest BCUT2D eigenvalue weighted by Crippen LogP contribution is -1.86. The van der Waals surface area contributed by atoms with Gasteiger partial charge in [0.1, 0.15) is 5.65 Å². The van der Waals surface area contributed by atoms with Crippen molar-refractivity contribution in [3.63, 3.8) is 0 Å². The van der Waals surface area contributed by atoms with Crippen molar-refractivity contribution in [2.75, 3.05) is 0 Å². The SMILES string of the molecule is c1ccc(-c2cc3c4cc5ccccc5nc4n4c5ccc6sc7ccccc7c6c5c(c2)c34)cc1. The molecule has 0 amide bonds. The number of fused-ring (bicyclic) bond motifs is 11. The quantitative estimate of drug-likeness (QED) is 0.232. The molecule has 36 heavy (non-hydrogen) atoms. The molecule has 0 bridgehead atoms. The van der Waals surface area contributed by atoms with E-state index in [4.69, 9.17) is 4.98 Å². The van der Waals surface area contributed by atoms with Gasteiger partial charge in [-0.2, -0.15) is 0 Å². The number of rotatable bonds is 1. The summed E-state index contributed by atoms with van der Waals surface area (Å²) in [5, 5.41) is 8.98. The van der Waals surface area contributed by atoms with Crippen LogP contribution in [0.25, 0.3) is 80.4 Å². The summed E-state index contributed by atoms with van der Waals surface area (Å²) in [4.78, 5) is 5.22. The molecule has 3 heteroatoms. The second-order valence-electron chi connectivity index (χ2n) is 9.60. The first-order valence-corrected chi connectivity index (χ1v) is 13.1. The van der Waals surface area contributed by atoms with Crippen molar-refractivity contribution in [3.05, 3.63) is 109 Å². The standard InChI is InChI=1S/C33H18N2S/c1-2-8-19(9-3-1)21-17-23-24-16-20-10-4-6-12-26(20)34-33(24)35-27-14-15-29-31(30(27)25(18-21)32(23)35)22-11-5-7-13-28(22)36-29/h1-18H. The van der Waals surface area contributed by atoms with Crippen LogP contribution in [0.4, 0.5) is 0 Å². The number of benzene rings is 5. The van der Waals surface area contributed by atoms with E-state index < -0.39 is 0 Å². The van der Waals surface area contributed by atoms with Gasteiger partial charge in [-0.25, -0.2) is 4.98 Å². The van der Waals surface area contributed by atoms with Gasteiger partial charge in [-0.15, -0.1) is 11.3 Å². The van der Waals surface area contributed by atoms with Crippen LogP contribution < -0.4 is 0 Å². The number of hydrogen-bond acceptors (Lipinski definition) is 2. The Bertz CT molecular complexity index is 2300. The first-order valence-electron chi connectivity index (χ1n) is 12.2. The van der Waals surface area contributed by atoms with Gasteiger partial charge >= 0.3 is 0 Å². The van der Waals surface area contributed by atoms with Crippen LogP contribution in [-0.4, -0.2) is 9.38 Å². The molecule has 0 atom stereocenters. The van der Waals surface area contributed by atoms with Gasteiger partial charge in [0.2, 0.25) is 0 Å². The fraction of sp³-hybridized carbons (Fsp3) is 0. The van der Waals surface area contributed by atoms with E-state index in [1.807, 2.05) is 11.3 Å². The van der Waals surface area contributed by atoms with Crippen molar-refractivity contribution < 1.29 is 0 Å². The minimum absolute atomic E-state index is 1.03. The molecule has 0 aliphatic carbocycles. The topological polar surface area (TPSA) is 17.3 Å². The zero-order chi connectivity index (χ0) is 23.4. The van der Waals surface area contributed by atoms with Crippen LogP contribution in [0.15, 0.2) is 109 Å². The van der Waals surface area contributed by atoms with Gasteiger partial charge in [-0.05, 0) is 53.6 Å². The molecule has 4 aromatic heterocycles. The van der Waals surface area contributed by atoms with Crippen LogP contribution in [-0.2, 0) is 0 Å². The van der Waals surface area contributed by atoms with E-state index in [0.29, 0.717) is 0 Å². The highest BCUT2D eigenvalue weighted by Gasteiger charge is 2.22. The second kappa shape index (κ2) is 6.60. The first-order chi connectivity index (χ1) is 17.8. The van der Waals surface area contributed by atoms with Gasteiger partial charge in [0, 0.05) is 47.1 Å². The fourth-order valence-electron chi connectivity index (χ4n) is 6.15. The molecule has 0 N–H and O–H groups in total. The number of aromatic nitrogens is 2. The van der Waals surface area contributed by atoms with Crippen molar-refractivity contribution >= 4 is 80.6 Å². The van der Waals surface area contributed by atoms with E-state index >= 15 is 0 Å². The van der Waals surface area contributed by atoms with Gasteiger partial charge in [0.15, 0.2) is 0 Å². The zero-order valence-corrected chi connectivity index (χ0v) is 20.0. The summed E-state index contributed by atoms with van der Waals surface area (Å²) in [6.45, 7) is 0. The molecule has 0 aliphatic rings. The third kappa shape index (κ3) is 2.29. The fourth-order valence-corrected chi connectivity index (χ4v) is 7.26. The van der Waals surface area contributed by atoms with Crippen LogP contribution in [0, 0.1) is 0 Å². The Morgan fingerprint density at radius 1 is 0.556 bits per heavy atom. The van der Waals surface area contributed by atoms with Gasteiger partial charge in [-0.3, -0.25) is 4.40 Å². The Morgan fingerprint density at radius 2 is 1.36 bits per heavy atom. The average molecular weight is 475 g/mol.